The number of hydrogen-bond donors (Lipinski definition) is 0. The Bertz CT molecular complexity index is 538. The van der Waals surface area contributed by atoms with Crippen molar-refractivity contribution in [1.82, 2.24) is 0 Å². The molecule has 0 amide bonds. The maximum absolute atomic E-state index is 12.7. The number of hydrogen-bond acceptors (Lipinski definition) is 5. The topological polar surface area (TPSA) is 69.7 Å². The van der Waals surface area contributed by atoms with Crippen molar-refractivity contribution in [3.63, 3.8) is 0 Å². The summed E-state index contributed by atoms with van der Waals surface area (Å²) in [5, 5.41) is 0. The predicted octanol–water partition coefficient (Wildman–Crippen LogP) is 3.07. The van der Waals surface area contributed by atoms with Gasteiger partial charge in [-0.3, -0.25) is 14.4 Å². The molecule has 2 aliphatic rings. The highest BCUT2D eigenvalue weighted by Gasteiger charge is 2.53. The lowest BCUT2D eigenvalue weighted by atomic mass is 9.51. The average molecular weight is 336 g/mol. The van der Waals surface area contributed by atoms with E-state index in [0.717, 1.165) is 25.7 Å². The van der Waals surface area contributed by atoms with Crippen molar-refractivity contribution in [2.24, 2.45) is 23.2 Å². The monoisotopic (exact) mass is 336 g/mol. The second-order valence-electron chi connectivity index (χ2n) is 7.57. The van der Waals surface area contributed by atoms with E-state index in [1.807, 2.05) is 0 Å². The molecule has 0 aromatic carbocycles. The summed E-state index contributed by atoms with van der Waals surface area (Å²) >= 11 is 0. The van der Waals surface area contributed by atoms with Crippen LogP contribution in [0.3, 0.4) is 0 Å². The van der Waals surface area contributed by atoms with Gasteiger partial charge in [-0.1, -0.05) is 19.1 Å². The summed E-state index contributed by atoms with van der Waals surface area (Å²) < 4.78 is 10.3. The summed E-state index contributed by atoms with van der Waals surface area (Å²) in [6.45, 7) is 9.58. The Balaban J connectivity index is 2.09. The maximum Gasteiger partial charge on any atom is 0.302 e. The molecule has 0 N–H and O–H groups in total. The molecule has 0 spiro atoms. The van der Waals surface area contributed by atoms with E-state index in [2.05, 4.69) is 13.5 Å². The van der Waals surface area contributed by atoms with Gasteiger partial charge < -0.3 is 9.47 Å². The molecule has 5 nitrogen and oxygen atoms in total. The highest BCUT2D eigenvalue weighted by atomic mass is 16.5. The molecule has 0 aromatic rings. The van der Waals surface area contributed by atoms with Crippen molar-refractivity contribution < 1.29 is 23.9 Å². The van der Waals surface area contributed by atoms with Crippen molar-refractivity contribution >= 4 is 17.7 Å². The van der Waals surface area contributed by atoms with Gasteiger partial charge in [0.2, 0.25) is 0 Å². The molecule has 0 saturated heterocycles. The first kappa shape index (κ1) is 18.7. The molecule has 0 aliphatic heterocycles. The number of rotatable bonds is 4. The third-order valence-corrected chi connectivity index (χ3v) is 5.61. The van der Waals surface area contributed by atoms with Gasteiger partial charge in [0.25, 0.3) is 0 Å². The highest BCUT2D eigenvalue weighted by Crippen LogP contribution is 2.56. The van der Waals surface area contributed by atoms with Crippen LogP contribution in [0.1, 0.15) is 52.9 Å². The molecule has 0 aromatic heterocycles. The van der Waals surface area contributed by atoms with Gasteiger partial charge in [0, 0.05) is 25.7 Å². The first-order valence-electron chi connectivity index (χ1n) is 8.70. The van der Waals surface area contributed by atoms with Gasteiger partial charge in [-0.25, -0.2) is 0 Å². The molecular weight excluding hydrogens is 308 g/mol. The van der Waals surface area contributed by atoms with Gasteiger partial charge in [-0.15, -0.1) is 0 Å². The summed E-state index contributed by atoms with van der Waals surface area (Å²) in [5.41, 5.74) is 1.02. The third-order valence-electron chi connectivity index (χ3n) is 5.61. The molecule has 2 aliphatic carbocycles. The van der Waals surface area contributed by atoms with Crippen molar-refractivity contribution in [1.29, 1.82) is 0 Å². The molecule has 134 valence electrons. The fraction of sp³-hybridized carbons (Fsp3) is 0.737. The molecule has 2 rings (SSSR count). The summed E-state index contributed by atoms with van der Waals surface area (Å²) in [5.74, 6) is -0.264. The number of fused-ring (bicyclic) bond motifs is 1. The van der Waals surface area contributed by atoms with Crippen LogP contribution in [0.25, 0.3) is 0 Å². The minimum absolute atomic E-state index is 0.148. The second kappa shape index (κ2) is 7.49. The van der Waals surface area contributed by atoms with Crippen LogP contribution in [-0.2, 0) is 23.9 Å². The molecule has 0 bridgehead atoms. The largest absolute Gasteiger partial charge is 0.465 e. The van der Waals surface area contributed by atoms with Crippen LogP contribution < -0.4 is 0 Å². The number of ketones is 1. The van der Waals surface area contributed by atoms with Gasteiger partial charge in [-0.05, 0) is 37.5 Å². The molecule has 2 unspecified atom stereocenters. The Morgan fingerprint density at radius 3 is 2.54 bits per heavy atom. The van der Waals surface area contributed by atoms with Crippen LogP contribution >= 0.6 is 0 Å². The van der Waals surface area contributed by atoms with E-state index in [4.69, 9.17) is 9.47 Å². The number of ether oxygens (including phenoxy) is 2. The van der Waals surface area contributed by atoms with E-state index < -0.39 is 0 Å². The van der Waals surface area contributed by atoms with Crippen molar-refractivity contribution in [3.8, 4) is 0 Å². The molecule has 5 heteroatoms. The number of esters is 2. The molecule has 24 heavy (non-hydrogen) atoms. The van der Waals surface area contributed by atoms with Gasteiger partial charge in [-0.2, -0.15) is 0 Å². The van der Waals surface area contributed by atoms with Gasteiger partial charge in [0.05, 0.1) is 12.5 Å². The number of Topliss-reactive ketones (excluding diaryl/α,β-unsaturated/α-hetero) is 1. The van der Waals surface area contributed by atoms with E-state index >= 15 is 0 Å². The molecular formula is C19H28O5. The quantitative estimate of drug-likeness (QED) is 0.583. The minimum atomic E-state index is -0.353. The van der Waals surface area contributed by atoms with Gasteiger partial charge in [0.15, 0.2) is 0 Å². The van der Waals surface area contributed by atoms with Crippen LogP contribution in [0.15, 0.2) is 12.2 Å². The first-order valence-corrected chi connectivity index (χ1v) is 8.70. The van der Waals surface area contributed by atoms with E-state index in [-0.39, 0.29) is 41.6 Å². The van der Waals surface area contributed by atoms with Crippen molar-refractivity contribution in [2.75, 3.05) is 13.2 Å². The second-order valence-corrected chi connectivity index (χ2v) is 7.57. The Morgan fingerprint density at radius 2 is 1.92 bits per heavy atom. The first-order chi connectivity index (χ1) is 11.2. The number of carbonyl (C=O) groups excluding carboxylic acids is 3. The van der Waals surface area contributed by atoms with Crippen LogP contribution in [0.2, 0.25) is 0 Å². The summed E-state index contributed by atoms with van der Waals surface area (Å²) in [7, 11) is 0. The number of allylic oxidation sites excluding steroid dienone is 1. The van der Waals surface area contributed by atoms with E-state index in [1.165, 1.54) is 19.4 Å². The predicted molar refractivity (Wildman–Crippen MR) is 89.1 cm³/mol. The van der Waals surface area contributed by atoms with Crippen LogP contribution in [0.5, 0.6) is 0 Å². The Labute approximate surface area is 143 Å². The van der Waals surface area contributed by atoms with Crippen molar-refractivity contribution in [2.45, 2.75) is 52.9 Å². The summed E-state index contributed by atoms with van der Waals surface area (Å²) in [6.07, 6.45) is 3.86. The Kier molecular flexibility index (Phi) is 5.83. The molecule has 4 atom stereocenters. The molecule has 0 heterocycles. The summed E-state index contributed by atoms with van der Waals surface area (Å²) in [6, 6.07) is 0. The van der Waals surface area contributed by atoms with E-state index in [0.29, 0.717) is 18.9 Å². The van der Waals surface area contributed by atoms with Crippen LogP contribution in [-0.4, -0.2) is 30.9 Å². The molecule has 2 saturated carbocycles. The number of carbonyl (C=O) groups is 3. The highest BCUT2D eigenvalue weighted by molar-refractivity contribution is 5.82. The maximum atomic E-state index is 12.7. The van der Waals surface area contributed by atoms with Crippen LogP contribution in [0, 0.1) is 23.2 Å². The fourth-order valence-electron chi connectivity index (χ4n) is 4.07. The van der Waals surface area contributed by atoms with E-state index in [9.17, 15) is 14.4 Å². The summed E-state index contributed by atoms with van der Waals surface area (Å²) in [4.78, 5) is 34.9. The fourth-order valence-corrected chi connectivity index (χ4v) is 4.07. The smallest absolute Gasteiger partial charge is 0.302 e. The Morgan fingerprint density at radius 1 is 1.25 bits per heavy atom. The van der Waals surface area contributed by atoms with Gasteiger partial charge in [0.1, 0.15) is 12.4 Å². The third kappa shape index (κ3) is 4.25. The standard InChI is InChI=1S/C19H28O5/c1-12-6-5-7-15(10-23-13(2)20)18(22)8-17-16(12)9-19(17,4)11-24-14(3)21/h15-17H,1,5-11H2,2-4H3/t15?,16?,17-,19-/m1/s1. The Hall–Kier alpha value is -1.65. The molecule has 0 radical (unpaired) electrons. The molecule has 2 fully saturated rings. The van der Waals surface area contributed by atoms with E-state index in [1.54, 1.807) is 0 Å². The normalized spacial score (nSPS) is 33.4. The van der Waals surface area contributed by atoms with Crippen LogP contribution in [0.4, 0.5) is 0 Å². The zero-order chi connectivity index (χ0) is 17.9. The minimum Gasteiger partial charge on any atom is -0.465 e. The lowest BCUT2D eigenvalue weighted by Crippen LogP contribution is -2.50. The van der Waals surface area contributed by atoms with Gasteiger partial charge >= 0.3 is 11.9 Å². The SMILES string of the molecule is C=C1CCCC(COC(C)=O)C(=O)C[C@@H]2C1C[C@]2(C)COC(C)=O. The van der Waals surface area contributed by atoms with Crippen molar-refractivity contribution in [3.05, 3.63) is 12.2 Å². The zero-order valence-corrected chi connectivity index (χ0v) is 14.9. The zero-order valence-electron chi connectivity index (χ0n) is 14.9. The lowest BCUT2D eigenvalue weighted by Gasteiger charge is -2.53. The lowest BCUT2D eigenvalue weighted by molar-refractivity contribution is -0.153. The average Bonchev–Trinajstić information content (AvgIpc) is 2.54.